The van der Waals surface area contributed by atoms with Crippen molar-refractivity contribution in [2.24, 2.45) is 29.1 Å². The van der Waals surface area contributed by atoms with Gasteiger partial charge in [0, 0.05) is 6.42 Å². The molecule has 3 N–H and O–H groups in total. The maximum absolute atomic E-state index is 12.5. The molecule has 0 aromatic heterocycles. The van der Waals surface area contributed by atoms with Crippen LogP contribution in [0.1, 0.15) is 262 Å². The van der Waals surface area contributed by atoms with Crippen LogP contribution in [0, 0.1) is 29.1 Å². The number of allylic oxidation sites excluding steroid dienone is 8. The second-order valence-corrected chi connectivity index (χ2v) is 23.6. The number of ether oxygens (including phenoxy) is 3. The summed E-state index contributed by atoms with van der Waals surface area (Å²) in [4.78, 5) is 12.5. The summed E-state index contributed by atoms with van der Waals surface area (Å²) < 4.78 is 17.6. The SMILES string of the molecule is CCCCCCCCCCCCCCC(=O)OC[C@H]1O[C@H](OC(C)(C)CCC/C(C)=C/C=C/C(C)=C/CCC(C)CCCCC(C)CCCC(C)CCC2C(C)=CCCC2(C)C)[C@H](O)[C@@H](O)[C@@H]1O. The quantitative estimate of drug-likeness (QED) is 0.0245. The topological polar surface area (TPSA) is 105 Å². The lowest BCUT2D eigenvalue weighted by Crippen LogP contribution is -2.60. The van der Waals surface area contributed by atoms with E-state index in [0.29, 0.717) is 18.3 Å². The maximum atomic E-state index is 12.5. The maximum Gasteiger partial charge on any atom is 0.305 e. The molecular formula is C61H110O7. The van der Waals surface area contributed by atoms with Gasteiger partial charge in [-0.1, -0.05) is 211 Å². The van der Waals surface area contributed by atoms with Gasteiger partial charge in [-0.25, -0.2) is 0 Å². The van der Waals surface area contributed by atoms with E-state index >= 15 is 0 Å². The van der Waals surface area contributed by atoms with E-state index in [9.17, 15) is 20.1 Å². The first kappa shape index (κ1) is 62.3. The smallest absolute Gasteiger partial charge is 0.305 e. The van der Waals surface area contributed by atoms with Crippen molar-refractivity contribution in [2.45, 2.75) is 299 Å². The van der Waals surface area contributed by atoms with Crippen molar-refractivity contribution in [3.63, 3.8) is 0 Å². The van der Waals surface area contributed by atoms with Crippen LogP contribution in [-0.4, -0.2) is 64.2 Å². The van der Waals surface area contributed by atoms with Gasteiger partial charge in [0.2, 0.25) is 0 Å². The Hall–Kier alpha value is -1.77. The Labute approximate surface area is 420 Å². The summed E-state index contributed by atoms with van der Waals surface area (Å²) in [6.07, 6.45) is 39.7. The van der Waals surface area contributed by atoms with Gasteiger partial charge in [-0.15, -0.1) is 0 Å². The minimum atomic E-state index is -1.47. The van der Waals surface area contributed by atoms with Crippen molar-refractivity contribution in [1.29, 1.82) is 0 Å². The number of hydrogen-bond acceptors (Lipinski definition) is 7. The Morgan fingerprint density at radius 3 is 1.96 bits per heavy atom. The lowest BCUT2D eigenvalue weighted by Gasteiger charge is -2.42. The number of esters is 1. The van der Waals surface area contributed by atoms with E-state index in [-0.39, 0.29) is 12.6 Å². The van der Waals surface area contributed by atoms with Crippen molar-refractivity contribution in [1.82, 2.24) is 0 Å². The monoisotopic (exact) mass is 955 g/mol. The first-order chi connectivity index (χ1) is 32.3. The molecule has 7 nitrogen and oxygen atoms in total. The number of carbonyl (C=O) groups is 1. The van der Waals surface area contributed by atoms with Crippen LogP contribution in [0.2, 0.25) is 0 Å². The summed E-state index contributed by atoms with van der Waals surface area (Å²) in [6, 6.07) is 0. The number of unbranched alkanes of at least 4 members (excludes halogenated alkanes) is 12. The molecule has 0 aromatic rings. The van der Waals surface area contributed by atoms with Crippen molar-refractivity contribution in [3.05, 3.63) is 47.1 Å². The highest BCUT2D eigenvalue weighted by atomic mass is 16.7. The molecule has 2 aliphatic rings. The molecule has 1 heterocycles. The van der Waals surface area contributed by atoms with Crippen LogP contribution in [0.5, 0.6) is 0 Å². The van der Waals surface area contributed by atoms with Crippen LogP contribution >= 0.6 is 0 Å². The molecule has 0 bridgehead atoms. The second-order valence-electron chi connectivity index (χ2n) is 23.6. The van der Waals surface area contributed by atoms with Crippen LogP contribution < -0.4 is 0 Å². The first-order valence-corrected chi connectivity index (χ1v) is 28.6. The minimum Gasteiger partial charge on any atom is -0.463 e. The molecule has 2 rings (SSSR count). The van der Waals surface area contributed by atoms with Crippen LogP contribution in [0.25, 0.3) is 0 Å². The normalized spacial score (nSPS) is 24.0. The van der Waals surface area contributed by atoms with Crippen molar-refractivity contribution in [2.75, 3.05) is 6.61 Å². The van der Waals surface area contributed by atoms with Crippen LogP contribution in [0.3, 0.4) is 0 Å². The molecule has 0 aromatic carbocycles. The van der Waals surface area contributed by atoms with Gasteiger partial charge < -0.3 is 29.5 Å². The van der Waals surface area contributed by atoms with Gasteiger partial charge in [0.05, 0.1) is 5.60 Å². The Morgan fingerprint density at radius 2 is 1.34 bits per heavy atom. The van der Waals surface area contributed by atoms with Gasteiger partial charge in [-0.2, -0.15) is 0 Å². The Bertz CT molecular complexity index is 1440. The summed E-state index contributed by atoms with van der Waals surface area (Å²) in [5.74, 6) is 2.88. The van der Waals surface area contributed by atoms with Gasteiger partial charge in [-0.05, 0) is 121 Å². The predicted molar refractivity (Wildman–Crippen MR) is 288 cm³/mol. The third-order valence-electron chi connectivity index (χ3n) is 15.7. The summed E-state index contributed by atoms with van der Waals surface area (Å²) in [5.41, 5.74) is 4.04. The first-order valence-electron chi connectivity index (χ1n) is 28.6. The molecule has 0 radical (unpaired) electrons. The molecular weight excluding hydrogens is 845 g/mol. The summed E-state index contributed by atoms with van der Waals surface area (Å²) in [6.45, 7) is 25.0. The van der Waals surface area contributed by atoms with Gasteiger partial charge >= 0.3 is 5.97 Å². The molecule has 1 fully saturated rings. The zero-order valence-corrected chi connectivity index (χ0v) is 46.3. The summed E-state index contributed by atoms with van der Waals surface area (Å²) >= 11 is 0. The highest BCUT2D eigenvalue weighted by Gasteiger charge is 2.46. The fourth-order valence-corrected chi connectivity index (χ4v) is 10.7. The van der Waals surface area contributed by atoms with Gasteiger partial charge in [0.25, 0.3) is 0 Å². The van der Waals surface area contributed by atoms with Crippen molar-refractivity contribution in [3.8, 4) is 0 Å². The number of aliphatic hydroxyl groups is 3. The third kappa shape index (κ3) is 27.7. The highest BCUT2D eigenvalue weighted by Crippen LogP contribution is 2.44. The zero-order valence-electron chi connectivity index (χ0n) is 46.3. The Morgan fingerprint density at radius 1 is 0.765 bits per heavy atom. The van der Waals surface area contributed by atoms with E-state index in [1.165, 1.54) is 146 Å². The molecule has 1 aliphatic heterocycles. The molecule has 1 aliphatic carbocycles. The molecule has 1 saturated heterocycles. The molecule has 68 heavy (non-hydrogen) atoms. The molecule has 9 atom stereocenters. The van der Waals surface area contributed by atoms with Crippen LogP contribution in [0.4, 0.5) is 0 Å². The van der Waals surface area contributed by atoms with E-state index < -0.39 is 36.3 Å². The van der Waals surface area contributed by atoms with Gasteiger partial charge in [0.1, 0.15) is 31.0 Å². The minimum absolute atomic E-state index is 0.203. The second kappa shape index (κ2) is 35.4. The van der Waals surface area contributed by atoms with Gasteiger partial charge in [0.15, 0.2) is 6.29 Å². The van der Waals surface area contributed by atoms with E-state index in [1.54, 1.807) is 5.57 Å². The number of carbonyl (C=O) groups excluding carboxylic acids is 1. The fraction of sp³-hybridized carbons (Fsp3) is 0.852. The average Bonchev–Trinajstić information content (AvgIpc) is 3.27. The number of hydrogen-bond donors (Lipinski definition) is 3. The van der Waals surface area contributed by atoms with E-state index in [0.717, 1.165) is 62.2 Å². The molecule has 0 saturated carbocycles. The molecule has 7 heteroatoms. The van der Waals surface area contributed by atoms with Crippen LogP contribution in [-0.2, 0) is 19.0 Å². The van der Waals surface area contributed by atoms with Crippen LogP contribution in [0.15, 0.2) is 47.1 Å². The average molecular weight is 956 g/mol. The standard InChI is InChI=1S/C61H110O7/c1-12-13-14-15-16-17-18-19-20-21-22-23-41-55(62)66-46-54-56(63)57(64)58(65)59(67-54)68-61(10,11)45-29-39-50(5)37-27-36-49(4)35-26-33-47(2)31-24-25-32-48(3)34-28-38-51(6)42-43-53-52(7)40-30-44-60(53,8)9/h27,35-37,40,47-48,51,53-54,56-59,63-65H,12-26,28-34,38-39,41-46H2,1-11H3/b36-27+,49-35+,50-37+/t47?,48?,51?,53?,54-,56-,57+,58-,59-/m1/s1. The number of rotatable bonds is 38. The van der Waals surface area contributed by atoms with Crippen molar-refractivity contribution < 1.29 is 34.3 Å². The zero-order chi connectivity index (χ0) is 50.4. The van der Waals surface area contributed by atoms with E-state index in [4.69, 9.17) is 14.2 Å². The summed E-state index contributed by atoms with van der Waals surface area (Å²) in [7, 11) is 0. The Kier molecular flexibility index (Phi) is 32.4. The predicted octanol–water partition coefficient (Wildman–Crippen LogP) is 16.4. The fourth-order valence-electron chi connectivity index (χ4n) is 10.7. The lowest BCUT2D eigenvalue weighted by atomic mass is 9.66. The Balaban J connectivity index is 1.58. The molecule has 396 valence electrons. The largest absolute Gasteiger partial charge is 0.463 e. The third-order valence-corrected chi connectivity index (χ3v) is 15.7. The van der Waals surface area contributed by atoms with E-state index in [1.807, 2.05) is 13.8 Å². The molecule has 0 amide bonds. The van der Waals surface area contributed by atoms with E-state index in [2.05, 4.69) is 92.7 Å². The van der Waals surface area contributed by atoms with Gasteiger partial charge in [-0.3, -0.25) is 4.79 Å². The molecule has 4 unspecified atom stereocenters. The lowest BCUT2D eigenvalue weighted by molar-refractivity contribution is -0.324. The summed E-state index contributed by atoms with van der Waals surface area (Å²) in [5, 5.41) is 32.0. The number of aliphatic hydroxyl groups excluding tert-OH is 3. The van der Waals surface area contributed by atoms with Crippen molar-refractivity contribution >= 4 is 5.97 Å². The highest BCUT2D eigenvalue weighted by molar-refractivity contribution is 5.69. The molecule has 0 spiro atoms.